The molecule has 5 heteroatoms. The van der Waals surface area contributed by atoms with E-state index in [1.165, 1.54) is 0 Å². The van der Waals surface area contributed by atoms with Gasteiger partial charge < -0.3 is 10.1 Å². The number of aromatic nitrogens is 3. The molecule has 0 unspecified atom stereocenters. The number of carboxylic acids is 1. The van der Waals surface area contributed by atoms with Gasteiger partial charge in [-0.05, 0) is 25.8 Å². The lowest BCUT2D eigenvalue weighted by atomic mass is 10.2. The zero-order valence-corrected chi connectivity index (χ0v) is 9.18. The van der Waals surface area contributed by atoms with Gasteiger partial charge in [-0.1, -0.05) is 0 Å². The molecule has 0 amide bonds. The molecule has 16 heavy (non-hydrogen) atoms. The van der Waals surface area contributed by atoms with Gasteiger partial charge in [0.2, 0.25) is 0 Å². The van der Waals surface area contributed by atoms with Gasteiger partial charge in [-0.15, -0.1) is 0 Å². The molecule has 1 heterocycles. The summed E-state index contributed by atoms with van der Waals surface area (Å²) in [5, 5.41) is 8.53. The summed E-state index contributed by atoms with van der Waals surface area (Å²) in [6, 6.07) is 1.77. The van der Waals surface area contributed by atoms with Crippen molar-refractivity contribution in [1.82, 2.24) is 15.0 Å². The highest BCUT2D eigenvalue weighted by molar-refractivity contribution is 5.66. The predicted molar refractivity (Wildman–Crippen MR) is 59.3 cm³/mol. The van der Waals surface area contributed by atoms with E-state index in [1.54, 1.807) is 31.6 Å². The van der Waals surface area contributed by atoms with Crippen LogP contribution >= 0.6 is 0 Å². The lowest BCUT2D eigenvalue weighted by Gasteiger charge is -1.96. The molecule has 0 aliphatic rings. The first-order chi connectivity index (χ1) is 7.68. The molecular weight excluding hydrogens is 206 g/mol. The molecule has 1 aromatic rings. The van der Waals surface area contributed by atoms with Crippen LogP contribution in [0.25, 0.3) is 0 Å². The third-order valence-corrected chi connectivity index (χ3v) is 1.92. The molecule has 0 radical (unpaired) electrons. The Balaban J connectivity index is 2.76. The number of carboxylic acid groups (broad SMARTS) is 1. The van der Waals surface area contributed by atoms with Gasteiger partial charge in [-0.2, -0.15) is 0 Å². The Kier molecular flexibility index (Phi) is 4.98. The van der Waals surface area contributed by atoms with Crippen molar-refractivity contribution in [3.8, 4) is 0 Å². The van der Waals surface area contributed by atoms with E-state index in [0.717, 1.165) is 5.69 Å². The quantitative estimate of drug-likeness (QED) is 0.810. The molecule has 86 valence electrons. The van der Waals surface area contributed by atoms with Crippen LogP contribution < -0.4 is 0 Å². The van der Waals surface area contributed by atoms with Crippen LogP contribution in [-0.4, -0.2) is 26.0 Å². The SMILES string of the molecule is Cc1nccc[nH]cc(CCCC(=O)O)n1. The first-order valence-corrected chi connectivity index (χ1v) is 5.10. The number of carbonyl (C=O) groups is 1. The molecule has 1 aromatic heterocycles. The van der Waals surface area contributed by atoms with E-state index in [1.807, 2.05) is 0 Å². The molecule has 0 spiro atoms. The summed E-state index contributed by atoms with van der Waals surface area (Å²) in [6.07, 6.45) is 6.52. The maximum Gasteiger partial charge on any atom is 0.303 e. The summed E-state index contributed by atoms with van der Waals surface area (Å²) >= 11 is 0. The summed E-state index contributed by atoms with van der Waals surface area (Å²) in [6.45, 7) is 1.81. The highest BCUT2D eigenvalue weighted by atomic mass is 16.4. The van der Waals surface area contributed by atoms with Crippen LogP contribution in [0.15, 0.2) is 24.7 Å². The van der Waals surface area contributed by atoms with Crippen LogP contribution in [-0.2, 0) is 11.2 Å². The number of rotatable bonds is 4. The lowest BCUT2D eigenvalue weighted by molar-refractivity contribution is -0.137. The zero-order chi connectivity index (χ0) is 11.8. The Bertz CT molecular complexity index is 400. The minimum absolute atomic E-state index is 0.158. The maximum absolute atomic E-state index is 10.4. The number of aliphatic carboxylic acids is 1. The minimum Gasteiger partial charge on any atom is -0.481 e. The molecule has 0 saturated carbocycles. The maximum atomic E-state index is 10.4. The second-order valence-electron chi connectivity index (χ2n) is 3.35. The fourth-order valence-electron chi connectivity index (χ4n) is 1.21. The smallest absolute Gasteiger partial charge is 0.303 e. The van der Waals surface area contributed by atoms with E-state index in [4.69, 9.17) is 5.11 Å². The normalized spacial score (nSPS) is 9.56. The van der Waals surface area contributed by atoms with Crippen molar-refractivity contribution in [3.05, 3.63) is 36.2 Å². The first-order valence-electron chi connectivity index (χ1n) is 5.10. The molecule has 0 aliphatic carbocycles. The van der Waals surface area contributed by atoms with Crippen LogP contribution in [0.1, 0.15) is 24.4 Å². The molecule has 2 N–H and O–H groups in total. The molecular formula is C11H15N3O2. The van der Waals surface area contributed by atoms with Crippen LogP contribution in [0.4, 0.5) is 0 Å². The van der Waals surface area contributed by atoms with Gasteiger partial charge in [0.15, 0.2) is 0 Å². The summed E-state index contributed by atoms with van der Waals surface area (Å²) in [4.78, 5) is 21.7. The molecule has 0 aliphatic heterocycles. The Morgan fingerprint density at radius 3 is 3.12 bits per heavy atom. The van der Waals surface area contributed by atoms with Crippen molar-refractivity contribution >= 4 is 5.97 Å². The first kappa shape index (κ1) is 12.2. The average Bonchev–Trinajstić information content (AvgIpc) is 2.30. The van der Waals surface area contributed by atoms with E-state index < -0.39 is 5.97 Å². The fourth-order valence-corrected chi connectivity index (χ4v) is 1.21. The highest BCUT2D eigenvalue weighted by Crippen LogP contribution is 1.99. The number of hydrogen-bond acceptors (Lipinski definition) is 3. The topological polar surface area (TPSA) is 78.9 Å². The largest absolute Gasteiger partial charge is 0.481 e. The molecule has 0 bridgehead atoms. The van der Waals surface area contributed by atoms with Gasteiger partial charge >= 0.3 is 5.97 Å². The zero-order valence-electron chi connectivity index (χ0n) is 9.18. The molecule has 1 rings (SSSR count). The third kappa shape index (κ3) is 5.09. The Morgan fingerprint density at radius 1 is 1.56 bits per heavy atom. The van der Waals surface area contributed by atoms with Crippen molar-refractivity contribution in [2.45, 2.75) is 26.2 Å². The summed E-state index contributed by atoms with van der Waals surface area (Å²) in [7, 11) is 0. The average molecular weight is 221 g/mol. The van der Waals surface area contributed by atoms with Crippen LogP contribution in [0, 0.1) is 6.92 Å². The standard InChI is InChI=1S/C11H15N3O2/c1-9-13-7-3-6-12-8-10(14-9)4-2-5-11(15)16/h3,6-8,12H,2,4-5H2,1H3,(H,15,16). The van der Waals surface area contributed by atoms with Crippen LogP contribution in [0.5, 0.6) is 0 Å². The van der Waals surface area contributed by atoms with E-state index in [9.17, 15) is 4.79 Å². The summed E-state index contributed by atoms with van der Waals surface area (Å²) < 4.78 is 0. The van der Waals surface area contributed by atoms with E-state index in [0.29, 0.717) is 18.7 Å². The Labute approximate surface area is 93.9 Å². The van der Waals surface area contributed by atoms with Crippen molar-refractivity contribution in [2.75, 3.05) is 0 Å². The number of H-pyrrole nitrogens is 1. The van der Waals surface area contributed by atoms with Gasteiger partial charge in [0, 0.05) is 25.0 Å². The second-order valence-corrected chi connectivity index (χ2v) is 3.35. The van der Waals surface area contributed by atoms with Gasteiger partial charge in [-0.25, -0.2) is 9.97 Å². The third-order valence-electron chi connectivity index (χ3n) is 1.92. The molecule has 5 nitrogen and oxygen atoms in total. The van der Waals surface area contributed by atoms with E-state index >= 15 is 0 Å². The van der Waals surface area contributed by atoms with Gasteiger partial charge in [0.25, 0.3) is 0 Å². The number of nitrogens with one attached hydrogen (secondary N) is 1. The van der Waals surface area contributed by atoms with E-state index in [-0.39, 0.29) is 6.42 Å². The second kappa shape index (κ2) is 6.55. The lowest BCUT2D eigenvalue weighted by Crippen LogP contribution is -1.97. The van der Waals surface area contributed by atoms with E-state index in [2.05, 4.69) is 15.0 Å². The molecule has 0 atom stereocenters. The van der Waals surface area contributed by atoms with Gasteiger partial charge in [0.1, 0.15) is 5.82 Å². The number of nitrogens with zero attached hydrogens (tertiary/aromatic N) is 2. The number of aryl methyl sites for hydroxylation is 2. The molecule has 0 aromatic carbocycles. The van der Waals surface area contributed by atoms with Crippen LogP contribution in [0.2, 0.25) is 0 Å². The van der Waals surface area contributed by atoms with Gasteiger partial charge in [0.05, 0.1) is 5.69 Å². The van der Waals surface area contributed by atoms with Crippen molar-refractivity contribution in [2.24, 2.45) is 0 Å². The summed E-state index contributed by atoms with van der Waals surface area (Å²) in [5.74, 6) is -0.120. The van der Waals surface area contributed by atoms with Crippen molar-refractivity contribution in [3.63, 3.8) is 0 Å². The monoisotopic (exact) mass is 221 g/mol. The Morgan fingerprint density at radius 2 is 2.38 bits per heavy atom. The minimum atomic E-state index is -0.782. The number of aromatic amines is 1. The summed E-state index contributed by atoms with van der Waals surface area (Å²) in [5.41, 5.74) is 0.808. The molecule has 0 fully saturated rings. The predicted octanol–water partition coefficient (Wildman–Crippen LogP) is 1.64. The Hall–Kier alpha value is -1.91. The van der Waals surface area contributed by atoms with Crippen LogP contribution in [0.3, 0.4) is 0 Å². The van der Waals surface area contributed by atoms with Gasteiger partial charge in [-0.3, -0.25) is 4.79 Å². The van der Waals surface area contributed by atoms with Crippen molar-refractivity contribution in [1.29, 1.82) is 0 Å². The molecule has 0 saturated heterocycles. The highest BCUT2D eigenvalue weighted by Gasteiger charge is 1.98. The van der Waals surface area contributed by atoms with Crippen molar-refractivity contribution < 1.29 is 9.90 Å². The number of hydrogen-bond donors (Lipinski definition) is 2. The fraction of sp³-hybridized carbons (Fsp3) is 0.364.